The van der Waals surface area contributed by atoms with Crippen molar-refractivity contribution in [3.8, 4) is 28.5 Å². The number of esters is 1. The van der Waals surface area contributed by atoms with Gasteiger partial charge in [0.1, 0.15) is 0 Å². The van der Waals surface area contributed by atoms with Crippen LogP contribution in [0.5, 0.6) is 17.2 Å². The summed E-state index contributed by atoms with van der Waals surface area (Å²) in [4.78, 5) is 29.7. The topological polar surface area (TPSA) is 96.0 Å². The van der Waals surface area contributed by atoms with Crippen molar-refractivity contribution in [2.45, 2.75) is 26.3 Å². The first-order valence-corrected chi connectivity index (χ1v) is 10.6. The Balaban J connectivity index is 2.01. The average molecular weight is 453 g/mol. The molecule has 3 aromatic rings. The molecule has 1 heterocycles. The second-order valence-electron chi connectivity index (χ2n) is 7.44. The van der Waals surface area contributed by atoms with Crippen molar-refractivity contribution < 1.29 is 28.5 Å². The number of fused-ring (bicyclic) bond motifs is 1. The summed E-state index contributed by atoms with van der Waals surface area (Å²) in [5, 5.41) is 3.40. The van der Waals surface area contributed by atoms with E-state index in [0.717, 1.165) is 6.42 Å². The van der Waals surface area contributed by atoms with Gasteiger partial charge in [-0.05, 0) is 37.6 Å². The summed E-state index contributed by atoms with van der Waals surface area (Å²) >= 11 is 0. The molecule has 0 aliphatic rings. The predicted octanol–water partition coefficient (Wildman–Crippen LogP) is 4.00. The number of hydrogen-bond acceptors (Lipinski definition) is 7. The molecule has 8 nitrogen and oxygen atoms in total. The molecule has 2 aromatic carbocycles. The lowest BCUT2D eigenvalue weighted by Gasteiger charge is -2.15. The Kier molecular flexibility index (Phi) is 7.71. The molecule has 0 aliphatic heterocycles. The number of hydrogen-bond donors (Lipinski definition) is 1. The molecule has 0 saturated heterocycles. The number of rotatable bonds is 9. The number of nitrogens with zero attached hydrogens (tertiary/aromatic N) is 1. The van der Waals surface area contributed by atoms with Crippen molar-refractivity contribution in [1.29, 1.82) is 0 Å². The zero-order valence-electron chi connectivity index (χ0n) is 19.4. The Morgan fingerprint density at radius 1 is 1.00 bits per heavy atom. The highest BCUT2D eigenvalue weighted by molar-refractivity contribution is 6.05. The van der Waals surface area contributed by atoms with Crippen molar-refractivity contribution in [2.75, 3.05) is 27.9 Å². The summed E-state index contributed by atoms with van der Waals surface area (Å²) in [7, 11) is 4.59. The maximum atomic E-state index is 12.9. The predicted molar refractivity (Wildman–Crippen MR) is 125 cm³/mol. The first-order chi connectivity index (χ1) is 15.9. The van der Waals surface area contributed by atoms with Crippen LogP contribution in [0.4, 0.5) is 0 Å². The van der Waals surface area contributed by atoms with Crippen molar-refractivity contribution >= 4 is 22.8 Å². The van der Waals surface area contributed by atoms with Gasteiger partial charge in [0.05, 0.1) is 38.1 Å². The maximum Gasteiger partial charge on any atom is 0.339 e. The van der Waals surface area contributed by atoms with Gasteiger partial charge in [-0.25, -0.2) is 9.78 Å². The molecule has 33 heavy (non-hydrogen) atoms. The molecule has 3 rings (SSSR count). The van der Waals surface area contributed by atoms with E-state index in [4.69, 9.17) is 23.9 Å². The largest absolute Gasteiger partial charge is 0.493 e. The van der Waals surface area contributed by atoms with E-state index in [9.17, 15) is 9.59 Å². The van der Waals surface area contributed by atoms with E-state index in [-0.39, 0.29) is 18.6 Å². The molecule has 1 N–H and O–H groups in total. The highest BCUT2D eigenvalue weighted by Crippen LogP contribution is 2.41. The molecule has 174 valence electrons. The quantitative estimate of drug-likeness (QED) is 0.490. The zero-order valence-corrected chi connectivity index (χ0v) is 19.4. The fraction of sp³-hybridized carbons (Fsp3) is 0.320. The number of para-hydroxylation sites is 1. The third-order valence-corrected chi connectivity index (χ3v) is 5.25. The Hall–Kier alpha value is -3.81. The van der Waals surface area contributed by atoms with Crippen LogP contribution in [0.2, 0.25) is 0 Å². The van der Waals surface area contributed by atoms with Gasteiger partial charge in [-0.2, -0.15) is 0 Å². The standard InChI is InChI=1S/C25H28N2O6/c1-6-15(2)26-23(28)14-33-25(29)18-13-20(27-19-10-8-7-9-17(18)19)16-11-21(30-3)24(32-5)22(12-16)31-4/h7-13,15H,6,14H2,1-5H3,(H,26,28). The Bertz CT molecular complexity index is 1140. The van der Waals surface area contributed by atoms with Gasteiger partial charge in [0, 0.05) is 17.0 Å². The summed E-state index contributed by atoms with van der Waals surface area (Å²) < 4.78 is 21.6. The second-order valence-corrected chi connectivity index (χ2v) is 7.44. The minimum Gasteiger partial charge on any atom is -0.493 e. The van der Waals surface area contributed by atoms with Gasteiger partial charge in [0.15, 0.2) is 18.1 Å². The molecule has 0 radical (unpaired) electrons. The fourth-order valence-electron chi connectivity index (χ4n) is 3.35. The van der Waals surface area contributed by atoms with E-state index in [0.29, 0.717) is 45.0 Å². The SMILES string of the molecule is CCC(C)NC(=O)COC(=O)c1cc(-c2cc(OC)c(OC)c(OC)c2)nc2ccccc12. The first kappa shape index (κ1) is 23.8. The van der Waals surface area contributed by atoms with Crippen molar-refractivity contribution in [3.63, 3.8) is 0 Å². The molecule has 0 fully saturated rings. The van der Waals surface area contributed by atoms with E-state index < -0.39 is 5.97 Å². The molecule has 0 spiro atoms. The van der Waals surface area contributed by atoms with Crippen LogP contribution in [0.15, 0.2) is 42.5 Å². The minimum absolute atomic E-state index is 0.00425. The minimum atomic E-state index is -0.610. The Labute approximate surface area is 192 Å². The molecule has 1 aromatic heterocycles. The third-order valence-electron chi connectivity index (χ3n) is 5.25. The molecule has 1 unspecified atom stereocenters. The lowest BCUT2D eigenvalue weighted by Crippen LogP contribution is -2.35. The van der Waals surface area contributed by atoms with Crippen LogP contribution in [-0.2, 0) is 9.53 Å². The van der Waals surface area contributed by atoms with Crippen LogP contribution in [-0.4, -0.2) is 50.8 Å². The van der Waals surface area contributed by atoms with E-state index in [1.54, 1.807) is 24.3 Å². The summed E-state index contributed by atoms with van der Waals surface area (Å²) in [5.41, 5.74) is 2.10. The summed E-state index contributed by atoms with van der Waals surface area (Å²) in [6.45, 7) is 3.49. The van der Waals surface area contributed by atoms with Crippen LogP contribution < -0.4 is 19.5 Å². The van der Waals surface area contributed by atoms with Crippen molar-refractivity contribution in [2.24, 2.45) is 0 Å². The van der Waals surface area contributed by atoms with Crippen LogP contribution in [0.1, 0.15) is 30.6 Å². The Morgan fingerprint density at radius 2 is 1.67 bits per heavy atom. The molecule has 0 saturated carbocycles. The number of amides is 1. The zero-order chi connectivity index (χ0) is 24.0. The number of carbonyl (C=O) groups is 2. The lowest BCUT2D eigenvalue weighted by molar-refractivity contribution is -0.124. The fourth-order valence-corrected chi connectivity index (χ4v) is 3.35. The van der Waals surface area contributed by atoms with E-state index in [2.05, 4.69) is 5.32 Å². The molecule has 1 amide bonds. The summed E-state index contributed by atoms with van der Waals surface area (Å²) in [6.07, 6.45) is 0.785. The monoisotopic (exact) mass is 452 g/mol. The van der Waals surface area contributed by atoms with Gasteiger partial charge in [-0.1, -0.05) is 25.1 Å². The number of aromatic nitrogens is 1. The van der Waals surface area contributed by atoms with Crippen LogP contribution in [0.25, 0.3) is 22.2 Å². The molecule has 0 aliphatic carbocycles. The lowest BCUT2D eigenvalue weighted by atomic mass is 10.0. The summed E-state index contributed by atoms with van der Waals surface area (Å²) in [5.74, 6) is 0.430. The van der Waals surface area contributed by atoms with Gasteiger partial charge in [0.2, 0.25) is 5.75 Å². The molecule has 1 atom stereocenters. The van der Waals surface area contributed by atoms with E-state index in [1.165, 1.54) is 21.3 Å². The third kappa shape index (κ3) is 5.34. The van der Waals surface area contributed by atoms with Gasteiger partial charge in [-0.3, -0.25) is 4.79 Å². The maximum absolute atomic E-state index is 12.9. The van der Waals surface area contributed by atoms with Crippen LogP contribution >= 0.6 is 0 Å². The van der Waals surface area contributed by atoms with E-state index in [1.807, 2.05) is 32.0 Å². The number of nitrogens with one attached hydrogen (secondary N) is 1. The van der Waals surface area contributed by atoms with Crippen LogP contribution in [0, 0.1) is 0 Å². The molecule has 0 bridgehead atoms. The van der Waals surface area contributed by atoms with Gasteiger partial charge in [-0.15, -0.1) is 0 Å². The number of benzene rings is 2. The molecular weight excluding hydrogens is 424 g/mol. The van der Waals surface area contributed by atoms with Crippen molar-refractivity contribution in [3.05, 3.63) is 48.0 Å². The number of pyridine rings is 1. The normalized spacial score (nSPS) is 11.5. The second kappa shape index (κ2) is 10.7. The molecule has 8 heteroatoms. The Morgan fingerprint density at radius 3 is 2.27 bits per heavy atom. The highest BCUT2D eigenvalue weighted by Gasteiger charge is 2.19. The smallest absolute Gasteiger partial charge is 0.339 e. The van der Waals surface area contributed by atoms with Gasteiger partial charge in [0.25, 0.3) is 5.91 Å². The summed E-state index contributed by atoms with van der Waals surface area (Å²) in [6, 6.07) is 12.4. The van der Waals surface area contributed by atoms with Crippen molar-refractivity contribution in [1.82, 2.24) is 10.3 Å². The first-order valence-electron chi connectivity index (χ1n) is 10.6. The van der Waals surface area contributed by atoms with Crippen LogP contribution in [0.3, 0.4) is 0 Å². The van der Waals surface area contributed by atoms with Gasteiger partial charge < -0.3 is 24.3 Å². The highest BCUT2D eigenvalue weighted by atomic mass is 16.5. The van der Waals surface area contributed by atoms with Gasteiger partial charge >= 0.3 is 5.97 Å². The number of methoxy groups -OCH3 is 3. The number of ether oxygens (including phenoxy) is 4. The molecular formula is C25H28N2O6. The van der Waals surface area contributed by atoms with E-state index >= 15 is 0 Å². The number of carbonyl (C=O) groups excluding carboxylic acids is 2. The average Bonchev–Trinajstić information content (AvgIpc) is 2.85.